The minimum atomic E-state index is -0.751. The second kappa shape index (κ2) is 4.56. The van der Waals surface area contributed by atoms with E-state index in [1.165, 1.54) is 0 Å². The predicted molar refractivity (Wildman–Crippen MR) is 63.6 cm³/mol. The van der Waals surface area contributed by atoms with Gasteiger partial charge in [-0.3, -0.25) is 4.79 Å². The summed E-state index contributed by atoms with van der Waals surface area (Å²) in [5.41, 5.74) is 0.208. The summed E-state index contributed by atoms with van der Waals surface area (Å²) in [6.07, 6.45) is 2.62. The Morgan fingerprint density at radius 3 is 2.50 bits per heavy atom. The van der Waals surface area contributed by atoms with Gasteiger partial charge in [-0.15, -0.1) is 0 Å². The molecule has 2 rings (SSSR count). The van der Waals surface area contributed by atoms with Crippen LogP contribution in [-0.4, -0.2) is 16.5 Å². The molecule has 16 heavy (non-hydrogen) atoms. The predicted octanol–water partition coefficient (Wildman–Crippen LogP) is 2.76. The lowest BCUT2D eigenvalue weighted by Crippen LogP contribution is -2.36. The normalized spacial score (nSPS) is 19.8. The Morgan fingerprint density at radius 1 is 1.25 bits per heavy atom. The van der Waals surface area contributed by atoms with E-state index in [-0.39, 0.29) is 5.78 Å². The zero-order valence-corrected chi connectivity index (χ0v) is 9.83. The van der Waals surface area contributed by atoms with Crippen molar-refractivity contribution in [1.82, 2.24) is 0 Å². The van der Waals surface area contributed by atoms with Gasteiger partial charge in [-0.05, 0) is 24.5 Å². The SMILES string of the molecule is O=C1CCC(O)(Cc2ccccc2Cl)CC1. The molecule has 3 heteroatoms. The highest BCUT2D eigenvalue weighted by Gasteiger charge is 2.32. The molecule has 0 atom stereocenters. The number of halogens is 1. The van der Waals surface area contributed by atoms with Crippen molar-refractivity contribution in [2.24, 2.45) is 0 Å². The highest BCUT2D eigenvalue weighted by Crippen LogP contribution is 2.31. The van der Waals surface area contributed by atoms with Gasteiger partial charge in [0.25, 0.3) is 0 Å². The summed E-state index contributed by atoms with van der Waals surface area (Å²) >= 11 is 6.06. The first kappa shape index (κ1) is 11.6. The van der Waals surface area contributed by atoms with Crippen LogP contribution in [0.4, 0.5) is 0 Å². The molecule has 1 aliphatic rings. The number of benzene rings is 1. The Morgan fingerprint density at radius 2 is 1.88 bits per heavy atom. The van der Waals surface area contributed by atoms with Gasteiger partial charge in [0.2, 0.25) is 0 Å². The van der Waals surface area contributed by atoms with Crippen LogP contribution in [-0.2, 0) is 11.2 Å². The third-order valence-corrected chi connectivity index (χ3v) is 3.58. The lowest BCUT2D eigenvalue weighted by molar-refractivity contribution is -0.125. The molecule has 2 nitrogen and oxygen atoms in total. The first-order valence-electron chi connectivity index (χ1n) is 5.57. The lowest BCUT2D eigenvalue weighted by Gasteiger charge is -2.31. The number of ketones is 1. The van der Waals surface area contributed by atoms with Gasteiger partial charge in [-0.1, -0.05) is 29.8 Å². The van der Waals surface area contributed by atoms with Crippen molar-refractivity contribution in [3.8, 4) is 0 Å². The highest BCUT2D eigenvalue weighted by molar-refractivity contribution is 6.31. The summed E-state index contributed by atoms with van der Waals surface area (Å²) < 4.78 is 0. The van der Waals surface area contributed by atoms with Gasteiger partial charge in [0.15, 0.2) is 0 Å². The van der Waals surface area contributed by atoms with Gasteiger partial charge in [0.05, 0.1) is 5.60 Å². The number of hydrogen-bond acceptors (Lipinski definition) is 2. The molecule has 1 aliphatic carbocycles. The highest BCUT2D eigenvalue weighted by atomic mass is 35.5. The molecule has 0 saturated heterocycles. The van der Waals surface area contributed by atoms with E-state index in [1.807, 2.05) is 24.3 Å². The van der Waals surface area contributed by atoms with Crippen molar-refractivity contribution in [2.45, 2.75) is 37.7 Å². The molecule has 0 heterocycles. The topological polar surface area (TPSA) is 37.3 Å². The summed E-state index contributed by atoms with van der Waals surface area (Å²) in [6.45, 7) is 0. The van der Waals surface area contributed by atoms with E-state index in [2.05, 4.69) is 0 Å². The van der Waals surface area contributed by atoms with Crippen LogP contribution in [0.25, 0.3) is 0 Å². The Balaban J connectivity index is 2.09. The van der Waals surface area contributed by atoms with E-state index in [0.29, 0.717) is 37.1 Å². The first-order valence-corrected chi connectivity index (χ1v) is 5.94. The third-order valence-electron chi connectivity index (χ3n) is 3.22. The van der Waals surface area contributed by atoms with Crippen LogP contribution in [0.15, 0.2) is 24.3 Å². The van der Waals surface area contributed by atoms with Gasteiger partial charge < -0.3 is 5.11 Å². The Hall–Kier alpha value is -0.860. The minimum absolute atomic E-state index is 0.254. The van der Waals surface area contributed by atoms with Crippen molar-refractivity contribution in [1.29, 1.82) is 0 Å². The number of Topliss-reactive ketones (excluding diaryl/α,β-unsaturated/α-hetero) is 1. The molecule has 1 N–H and O–H groups in total. The molecule has 0 aromatic heterocycles. The van der Waals surface area contributed by atoms with E-state index in [9.17, 15) is 9.90 Å². The molecule has 0 bridgehead atoms. The van der Waals surface area contributed by atoms with Crippen LogP contribution < -0.4 is 0 Å². The van der Waals surface area contributed by atoms with Crippen molar-refractivity contribution < 1.29 is 9.90 Å². The Kier molecular flexibility index (Phi) is 3.31. The largest absolute Gasteiger partial charge is 0.390 e. The van der Waals surface area contributed by atoms with Crippen molar-refractivity contribution in [2.75, 3.05) is 0 Å². The van der Waals surface area contributed by atoms with Gasteiger partial charge in [0, 0.05) is 24.3 Å². The van der Waals surface area contributed by atoms with E-state index in [0.717, 1.165) is 5.56 Å². The van der Waals surface area contributed by atoms with Crippen LogP contribution >= 0.6 is 11.6 Å². The molecule has 86 valence electrons. The van der Waals surface area contributed by atoms with Gasteiger partial charge in [-0.2, -0.15) is 0 Å². The zero-order chi connectivity index (χ0) is 11.6. The lowest BCUT2D eigenvalue weighted by atomic mass is 9.80. The van der Waals surface area contributed by atoms with Gasteiger partial charge >= 0.3 is 0 Å². The summed E-state index contributed by atoms with van der Waals surface area (Å²) in [5.74, 6) is 0.254. The molecule has 0 aliphatic heterocycles. The number of hydrogen-bond donors (Lipinski definition) is 1. The molecule has 1 saturated carbocycles. The third kappa shape index (κ3) is 2.63. The van der Waals surface area contributed by atoms with E-state index < -0.39 is 5.60 Å². The fraction of sp³-hybridized carbons (Fsp3) is 0.462. The van der Waals surface area contributed by atoms with Gasteiger partial charge in [-0.25, -0.2) is 0 Å². The average Bonchev–Trinajstić information content (AvgIpc) is 2.27. The molecule has 1 fully saturated rings. The Bertz CT molecular complexity index is 391. The van der Waals surface area contributed by atoms with Crippen molar-refractivity contribution in [3.63, 3.8) is 0 Å². The summed E-state index contributed by atoms with van der Waals surface area (Å²) in [6, 6.07) is 7.55. The molecular formula is C13H15ClO2. The summed E-state index contributed by atoms with van der Waals surface area (Å²) in [5, 5.41) is 11.0. The van der Waals surface area contributed by atoms with Crippen molar-refractivity contribution in [3.05, 3.63) is 34.9 Å². The van der Waals surface area contributed by atoms with Crippen LogP contribution in [0.2, 0.25) is 5.02 Å². The fourth-order valence-corrected chi connectivity index (χ4v) is 2.37. The molecule has 0 radical (unpaired) electrons. The maximum absolute atomic E-state index is 11.1. The van der Waals surface area contributed by atoms with Crippen LogP contribution in [0.3, 0.4) is 0 Å². The summed E-state index contributed by atoms with van der Waals surface area (Å²) in [7, 11) is 0. The second-order valence-electron chi connectivity index (χ2n) is 4.53. The monoisotopic (exact) mass is 238 g/mol. The molecule has 0 spiro atoms. The zero-order valence-electron chi connectivity index (χ0n) is 9.08. The van der Waals surface area contributed by atoms with Crippen molar-refractivity contribution >= 4 is 17.4 Å². The molecule has 0 amide bonds. The number of carbonyl (C=O) groups is 1. The Labute approximate surface area is 100 Å². The second-order valence-corrected chi connectivity index (χ2v) is 4.94. The van der Waals surface area contributed by atoms with E-state index in [1.54, 1.807) is 0 Å². The van der Waals surface area contributed by atoms with E-state index >= 15 is 0 Å². The molecular weight excluding hydrogens is 224 g/mol. The molecule has 0 unspecified atom stereocenters. The van der Waals surface area contributed by atoms with Crippen LogP contribution in [0.5, 0.6) is 0 Å². The first-order chi connectivity index (χ1) is 7.59. The molecule has 1 aromatic carbocycles. The maximum Gasteiger partial charge on any atom is 0.133 e. The van der Waals surface area contributed by atoms with Crippen LogP contribution in [0, 0.1) is 0 Å². The smallest absolute Gasteiger partial charge is 0.133 e. The van der Waals surface area contributed by atoms with Crippen LogP contribution in [0.1, 0.15) is 31.2 Å². The maximum atomic E-state index is 11.1. The number of carbonyl (C=O) groups excluding carboxylic acids is 1. The average molecular weight is 239 g/mol. The quantitative estimate of drug-likeness (QED) is 0.860. The number of aliphatic hydroxyl groups is 1. The standard InChI is InChI=1S/C13H15ClO2/c14-12-4-2-1-3-10(12)9-13(16)7-5-11(15)6-8-13/h1-4,16H,5-9H2. The van der Waals surface area contributed by atoms with E-state index in [4.69, 9.17) is 11.6 Å². The number of rotatable bonds is 2. The minimum Gasteiger partial charge on any atom is -0.390 e. The molecule has 1 aromatic rings. The summed E-state index contributed by atoms with van der Waals surface area (Å²) in [4.78, 5) is 11.1. The fourth-order valence-electron chi connectivity index (χ4n) is 2.17. The van der Waals surface area contributed by atoms with Gasteiger partial charge in [0.1, 0.15) is 5.78 Å².